The van der Waals surface area contributed by atoms with E-state index in [2.05, 4.69) is 77.8 Å². The van der Waals surface area contributed by atoms with Crippen molar-refractivity contribution < 1.29 is 41.8 Å². The van der Waals surface area contributed by atoms with Gasteiger partial charge in [-0.15, -0.1) is 0 Å². The van der Waals surface area contributed by atoms with E-state index in [1.54, 1.807) is 19.1 Å². The Morgan fingerprint density at radius 1 is 1.03 bits per heavy atom. The number of piperazine rings is 1. The van der Waals surface area contributed by atoms with Crippen LogP contribution < -0.4 is 19.7 Å². The highest BCUT2D eigenvalue weighted by molar-refractivity contribution is 7.90. The van der Waals surface area contributed by atoms with Crippen molar-refractivity contribution in [3.63, 3.8) is 0 Å². The second-order valence-electron chi connectivity index (χ2n) is 21.5. The minimum absolute atomic E-state index is 0.00797. The van der Waals surface area contributed by atoms with Crippen molar-refractivity contribution in [3.05, 3.63) is 106 Å². The lowest BCUT2D eigenvalue weighted by Gasteiger charge is -2.58. The summed E-state index contributed by atoms with van der Waals surface area (Å²) in [6.45, 7) is 13.9. The molecule has 2 atom stereocenters. The Hall–Kier alpha value is -5.77. The number of aliphatic hydroxyl groups is 1. The van der Waals surface area contributed by atoms with Crippen LogP contribution in [-0.2, 0) is 19.5 Å². The molecule has 4 N–H and O–H groups in total. The van der Waals surface area contributed by atoms with Gasteiger partial charge in [-0.3, -0.25) is 24.7 Å². The summed E-state index contributed by atoms with van der Waals surface area (Å²) in [6, 6.07) is 16.9. The van der Waals surface area contributed by atoms with Gasteiger partial charge in [0.15, 0.2) is 0 Å². The number of aromatic amines is 1. The molecule has 0 radical (unpaired) electrons. The highest BCUT2D eigenvalue weighted by atomic mass is 32.2. The van der Waals surface area contributed by atoms with E-state index in [0.29, 0.717) is 56.8 Å². The number of benzene rings is 2. The van der Waals surface area contributed by atoms with Gasteiger partial charge in [0.25, 0.3) is 15.9 Å². The molecule has 10 rings (SSSR count). The molecule has 2 aliphatic carbocycles. The first kappa shape index (κ1) is 50.7. The van der Waals surface area contributed by atoms with Gasteiger partial charge in [-0.1, -0.05) is 38.1 Å². The third-order valence-electron chi connectivity index (χ3n) is 16.0. The van der Waals surface area contributed by atoms with Crippen molar-refractivity contribution in [1.82, 2.24) is 29.5 Å². The van der Waals surface area contributed by atoms with Crippen LogP contribution in [0.25, 0.3) is 11.0 Å². The molecule has 5 aromatic rings. The summed E-state index contributed by atoms with van der Waals surface area (Å²) in [7, 11) is -4.70. The monoisotopic (exact) mass is 1020 g/mol. The van der Waals surface area contributed by atoms with E-state index in [1.165, 1.54) is 35.7 Å². The molecule has 3 aliphatic heterocycles. The molecule has 3 aromatic heterocycles. The SMILES string of the molecule is CC(C)c1ccccc1[C@@H]1CN(C[C@@H]2COCCO2)CCN1C1CC2(CCN(c3ccc(C(=O)NS(=O)(=O)c4cnc(NCC5CCC(C)(O)CC5)c([N+](=O)[O-])c4)c(Oc4cnc5[nH]cc(F)c5c4)c3)CC2)C1. The molecule has 0 unspecified atom stereocenters. The number of nitrogens with one attached hydrogen (secondary N) is 3. The molecule has 0 bridgehead atoms. The lowest BCUT2D eigenvalue weighted by atomic mass is 9.59. The lowest BCUT2D eigenvalue weighted by Crippen LogP contribution is -2.60. The van der Waals surface area contributed by atoms with Gasteiger partial charge in [0.05, 0.1) is 59.8 Å². The number of carbonyl (C=O) groups is 1. The Kier molecular flexibility index (Phi) is 14.5. The smallest absolute Gasteiger partial charge is 0.312 e. The standard InChI is InChI=1S/C53H66FN9O9S/c1-34(2)41-6-4-5-7-42(41)47-32-60(31-39-33-70-20-21-71-39)18-19-62(47)37-25-53(26-37)14-16-61(17-15-53)36-8-9-43(48(22-36)72-38-23-44-45(54)30-58-49(44)56-28-38)51(64)59-73(68,69)40-24-46(63(66)67)50(57-29-40)55-27-35-10-12-52(3,65)13-11-35/h4-9,22-24,28-30,34-35,37,39,47,65H,10-21,25-27,31-33H2,1-3H3,(H,55,57)(H,56,58)(H,59,64)/t35?,39-,47+,52?/m1/s1. The fraction of sp³-hybridized carbons (Fsp3) is 0.528. The fourth-order valence-electron chi connectivity index (χ4n) is 11.8. The number of rotatable bonds is 15. The van der Waals surface area contributed by atoms with Gasteiger partial charge in [-0.2, -0.15) is 0 Å². The molecule has 5 aliphatic rings. The van der Waals surface area contributed by atoms with E-state index < -0.39 is 42.9 Å². The first-order chi connectivity index (χ1) is 35.0. The summed E-state index contributed by atoms with van der Waals surface area (Å²) in [5.74, 6) is -1.03. The number of H-pyrrole nitrogens is 1. The number of aromatic nitrogens is 3. The Morgan fingerprint density at radius 3 is 2.55 bits per heavy atom. The Balaban J connectivity index is 0.836. The molecule has 1 spiro atoms. The first-order valence-electron chi connectivity index (χ1n) is 25.7. The number of ether oxygens (including phenoxy) is 3. The predicted octanol–water partition coefficient (Wildman–Crippen LogP) is 7.92. The van der Waals surface area contributed by atoms with Gasteiger partial charge in [0.2, 0.25) is 5.82 Å². The highest BCUT2D eigenvalue weighted by Crippen LogP contribution is 2.53. The van der Waals surface area contributed by atoms with Gasteiger partial charge < -0.3 is 34.5 Å². The van der Waals surface area contributed by atoms with Crippen LogP contribution >= 0.6 is 0 Å². The van der Waals surface area contributed by atoms with Crippen molar-refractivity contribution in [2.45, 2.75) is 107 Å². The summed E-state index contributed by atoms with van der Waals surface area (Å²) >= 11 is 0. The molecule has 1 amide bonds. The summed E-state index contributed by atoms with van der Waals surface area (Å²) in [4.78, 5) is 43.6. The van der Waals surface area contributed by atoms with Crippen molar-refractivity contribution >= 4 is 44.2 Å². The molecule has 6 heterocycles. The number of hydrogen-bond acceptors (Lipinski definition) is 15. The molecular formula is C53H66FN9O9S. The largest absolute Gasteiger partial charge is 0.455 e. The van der Waals surface area contributed by atoms with E-state index in [-0.39, 0.29) is 51.7 Å². The zero-order valence-corrected chi connectivity index (χ0v) is 42.5. The van der Waals surface area contributed by atoms with Crippen LogP contribution in [0.5, 0.6) is 11.5 Å². The minimum atomic E-state index is -4.70. The van der Waals surface area contributed by atoms with Crippen molar-refractivity contribution in [1.29, 1.82) is 0 Å². The van der Waals surface area contributed by atoms with Gasteiger partial charge in [0, 0.05) is 81.9 Å². The molecular weight excluding hydrogens is 958 g/mol. The lowest BCUT2D eigenvalue weighted by molar-refractivity contribution is -0.384. The Morgan fingerprint density at radius 2 is 1.81 bits per heavy atom. The quantitative estimate of drug-likeness (QED) is 0.0579. The van der Waals surface area contributed by atoms with Gasteiger partial charge in [0.1, 0.15) is 27.9 Å². The van der Waals surface area contributed by atoms with Crippen molar-refractivity contribution in [2.75, 3.05) is 75.9 Å². The van der Waals surface area contributed by atoms with Gasteiger partial charge in [-0.05, 0) is 105 Å². The van der Waals surface area contributed by atoms with Crippen molar-refractivity contribution in [2.24, 2.45) is 11.3 Å². The zero-order valence-electron chi connectivity index (χ0n) is 41.7. The maximum absolute atomic E-state index is 14.7. The molecule has 3 saturated heterocycles. The molecule has 390 valence electrons. The number of piperidine rings is 1. The first-order valence-corrected chi connectivity index (χ1v) is 27.1. The maximum atomic E-state index is 14.7. The number of amides is 1. The summed E-state index contributed by atoms with van der Waals surface area (Å²) in [5.41, 5.74) is 2.60. The Labute approximate surface area is 425 Å². The maximum Gasteiger partial charge on any atom is 0.312 e. The van der Waals surface area contributed by atoms with Crippen LogP contribution in [-0.4, -0.2) is 132 Å². The zero-order chi connectivity index (χ0) is 51.1. The molecule has 5 fully saturated rings. The number of sulfonamides is 1. The minimum Gasteiger partial charge on any atom is -0.455 e. The van der Waals surface area contributed by atoms with Crippen molar-refractivity contribution in [3.8, 4) is 11.5 Å². The summed E-state index contributed by atoms with van der Waals surface area (Å²) in [5, 5.41) is 25.7. The molecule has 2 saturated carbocycles. The normalized spacial score (nSPS) is 24.1. The fourth-order valence-corrected chi connectivity index (χ4v) is 12.7. The van der Waals surface area contributed by atoms with E-state index in [9.17, 15) is 32.8 Å². The van der Waals surface area contributed by atoms with E-state index in [4.69, 9.17) is 14.2 Å². The number of carbonyl (C=O) groups excluding carboxylic acids is 1. The van der Waals surface area contributed by atoms with E-state index in [1.807, 2.05) is 0 Å². The third-order valence-corrected chi connectivity index (χ3v) is 17.3. The topological polar surface area (TPSA) is 218 Å². The molecule has 2 aromatic carbocycles. The average molecular weight is 1020 g/mol. The third kappa shape index (κ3) is 11.2. The van der Waals surface area contributed by atoms with Crippen LogP contribution in [0.4, 0.5) is 21.6 Å². The number of fused-ring (bicyclic) bond motifs is 1. The van der Waals surface area contributed by atoms with Crippen LogP contribution in [0.1, 0.15) is 106 Å². The summed E-state index contributed by atoms with van der Waals surface area (Å²) < 4.78 is 62.4. The van der Waals surface area contributed by atoms with E-state index >= 15 is 0 Å². The number of pyridine rings is 2. The molecule has 18 nitrogen and oxygen atoms in total. The number of nitrogens with zero attached hydrogens (tertiary/aromatic N) is 6. The number of nitro groups is 1. The molecule has 20 heteroatoms. The second kappa shape index (κ2) is 20.9. The number of halogens is 1. The predicted molar refractivity (Wildman–Crippen MR) is 273 cm³/mol. The molecule has 73 heavy (non-hydrogen) atoms. The van der Waals surface area contributed by atoms with Crippen LogP contribution in [0, 0.1) is 27.3 Å². The van der Waals surface area contributed by atoms with Gasteiger partial charge >= 0.3 is 5.69 Å². The highest BCUT2D eigenvalue weighted by Gasteiger charge is 2.50. The summed E-state index contributed by atoms with van der Waals surface area (Å²) in [6.07, 6.45) is 10.4. The van der Waals surface area contributed by atoms with Crippen LogP contribution in [0.15, 0.2) is 78.1 Å². The Bertz CT molecular complexity index is 2920. The van der Waals surface area contributed by atoms with Crippen LogP contribution in [0.2, 0.25) is 0 Å². The second-order valence-corrected chi connectivity index (χ2v) is 23.1. The number of anilines is 2. The number of hydrogen-bond donors (Lipinski definition) is 4. The van der Waals surface area contributed by atoms with Crippen LogP contribution in [0.3, 0.4) is 0 Å². The van der Waals surface area contributed by atoms with Gasteiger partial charge in [-0.25, -0.2) is 27.5 Å². The average Bonchev–Trinajstić information content (AvgIpc) is 3.74. The van der Waals surface area contributed by atoms with E-state index in [0.717, 1.165) is 95.7 Å².